The number of nitrogens with zero attached hydrogens (tertiary/aromatic N) is 4. The summed E-state index contributed by atoms with van der Waals surface area (Å²) in [7, 11) is -0.217. The average molecular weight is 478 g/mol. The zero-order valence-electron chi connectivity index (χ0n) is 19.3. The van der Waals surface area contributed by atoms with Gasteiger partial charge in [-0.15, -0.1) is 0 Å². The normalized spacial score (nSPS) is 12.2. The van der Waals surface area contributed by atoms with Crippen LogP contribution in [-0.4, -0.2) is 36.6 Å². The number of hydrogen-bond acceptors (Lipinski definition) is 6. The third-order valence-electron chi connectivity index (χ3n) is 5.51. The van der Waals surface area contributed by atoms with Gasteiger partial charge < -0.3 is 14.6 Å². The number of anilines is 2. The van der Waals surface area contributed by atoms with Gasteiger partial charge in [-0.05, 0) is 37.3 Å². The molecule has 1 atom stereocenters. The summed E-state index contributed by atoms with van der Waals surface area (Å²) in [5.41, 5.74) is 1.50. The molecule has 0 aliphatic heterocycles. The molecule has 2 aromatic carbocycles. The number of benzene rings is 2. The summed E-state index contributed by atoms with van der Waals surface area (Å²) < 4.78 is 35.4. The van der Waals surface area contributed by atoms with Crippen LogP contribution in [-0.2, 0) is 17.1 Å². The Morgan fingerprint density at radius 3 is 2.38 bits per heavy atom. The van der Waals surface area contributed by atoms with E-state index in [4.69, 9.17) is 4.74 Å². The smallest absolute Gasteiger partial charge is 0.265 e. The molecule has 0 radical (unpaired) electrons. The van der Waals surface area contributed by atoms with E-state index in [2.05, 4.69) is 15.3 Å². The van der Waals surface area contributed by atoms with Crippen molar-refractivity contribution in [3.63, 3.8) is 0 Å². The zero-order chi connectivity index (χ0) is 24.1. The van der Waals surface area contributed by atoms with Crippen LogP contribution >= 0.6 is 0 Å². The number of pyridine rings is 1. The highest BCUT2D eigenvalue weighted by atomic mass is 32.2. The summed E-state index contributed by atoms with van der Waals surface area (Å²) in [6.07, 6.45) is 4.97. The molecule has 4 rings (SSSR count). The van der Waals surface area contributed by atoms with Crippen molar-refractivity contribution in [1.82, 2.24) is 14.5 Å². The van der Waals surface area contributed by atoms with Crippen molar-refractivity contribution >= 4 is 21.5 Å². The molecule has 0 bridgehead atoms. The molecule has 2 aromatic heterocycles. The number of methoxy groups -OCH3 is 1. The molecule has 9 heteroatoms. The van der Waals surface area contributed by atoms with Crippen molar-refractivity contribution in [3.05, 3.63) is 96.7 Å². The summed E-state index contributed by atoms with van der Waals surface area (Å²) in [5.74, 6) is 1.99. The van der Waals surface area contributed by atoms with E-state index >= 15 is 0 Å². The predicted molar refractivity (Wildman–Crippen MR) is 133 cm³/mol. The topological polar surface area (TPSA) is 89.4 Å². The molecule has 34 heavy (non-hydrogen) atoms. The first-order valence-corrected chi connectivity index (χ1v) is 12.3. The fraction of sp³-hybridized carbons (Fsp3) is 0.200. The maximum Gasteiger partial charge on any atom is 0.265 e. The average Bonchev–Trinajstić information content (AvgIpc) is 3.29. The van der Waals surface area contributed by atoms with Crippen molar-refractivity contribution in [2.24, 2.45) is 7.05 Å². The highest BCUT2D eigenvalue weighted by molar-refractivity contribution is 7.92. The van der Waals surface area contributed by atoms with Crippen molar-refractivity contribution in [2.75, 3.05) is 23.3 Å². The SMILES string of the molecule is CCN(c1ccccc1)S(=O)(=O)c1ccc(NC(c2ccccc2OC)c2nccn2C)nc1. The van der Waals surface area contributed by atoms with Gasteiger partial charge in [0.2, 0.25) is 0 Å². The lowest BCUT2D eigenvalue weighted by Gasteiger charge is -2.23. The molecule has 1 unspecified atom stereocenters. The van der Waals surface area contributed by atoms with Gasteiger partial charge in [-0.1, -0.05) is 36.4 Å². The molecule has 0 saturated carbocycles. The van der Waals surface area contributed by atoms with Gasteiger partial charge in [-0.3, -0.25) is 4.31 Å². The molecule has 0 saturated heterocycles. The highest BCUT2D eigenvalue weighted by Gasteiger charge is 2.25. The van der Waals surface area contributed by atoms with E-state index in [-0.39, 0.29) is 10.9 Å². The largest absolute Gasteiger partial charge is 0.496 e. The molecule has 0 spiro atoms. The van der Waals surface area contributed by atoms with E-state index in [9.17, 15) is 8.42 Å². The fourth-order valence-corrected chi connectivity index (χ4v) is 5.24. The number of para-hydroxylation sites is 2. The number of aryl methyl sites for hydroxylation is 1. The van der Waals surface area contributed by atoms with Crippen molar-refractivity contribution in [2.45, 2.75) is 17.9 Å². The monoisotopic (exact) mass is 477 g/mol. The molecular weight excluding hydrogens is 450 g/mol. The third-order valence-corrected chi connectivity index (χ3v) is 7.40. The minimum absolute atomic E-state index is 0.120. The maximum absolute atomic E-state index is 13.3. The van der Waals surface area contributed by atoms with Crippen LogP contribution in [0.5, 0.6) is 5.75 Å². The number of aromatic nitrogens is 3. The first kappa shape index (κ1) is 23.3. The van der Waals surface area contributed by atoms with Crippen LogP contribution in [0.15, 0.2) is 90.2 Å². The molecule has 0 aliphatic carbocycles. The van der Waals surface area contributed by atoms with E-state index in [1.54, 1.807) is 44.5 Å². The number of rotatable bonds is 9. The lowest BCUT2D eigenvalue weighted by molar-refractivity contribution is 0.408. The van der Waals surface area contributed by atoms with Crippen LogP contribution in [0.4, 0.5) is 11.5 Å². The Bertz CT molecular complexity index is 1340. The van der Waals surface area contributed by atoms with Crippen molar-refractivity contribution in [1.29, 1.82) is 0 Å². The van der Waals surface area contributed by atoms with Gasteiger partial charge in [-0.25, -0.2) is 18.4 Å². The molecule has 0 amide bonds. The molecule has 8 nitrogen and oxygen atoms in total. The highest BCUT2D eigenvalue weighted by Crippen LogP contribution is 2.32. The second kappa shape index (κ2) is 9.96. The van der Waals surface area contributed by atoms with Crippen LogP contribution in [0.25, 0.3) is 0 Å². The molecule has 0 aliphatic rings. The van der Waals surface area contributed by atoms with Gasteiger partial charge in [0, 0.05) is 37.7 Å². The number of sulfonamides is 1. The Morgan fingerprint density at radius 1 is 1.03 bits per heavy atom. The van der Waals surface area contributed by atoms with Crippen LogP contribution in [0.2, 0.25) is 0 Å². The molecule has 1 N–H and O–H groups in total. The Labute approximate surface area is 199 Å². The van der Waals surface area contributed by atoms with E-state index in [1.807, 2.05) is 60.3 Å². The Morgan fingerprint density at radius 2 is 1.76 bits per heavy atom. The zero-order valence-corrected chi connectivity index (χ0v) is 20.1. The van der Waals surface area contributed by atoms with Crippen molar-refractivity contribution in [3.8, 4) is 5.75 Å². The summed E-state index contributed by atoms with van der Waals surface area (Å²) in [6, 6.07) is 19.6. The minimum Gasteiger partial charge on any atom is -0.496 e. The number of nitrogens with one attached hydrogen (secondary N) is 1. The van der Waals surface area contributed by atoms with E-state index in [0.717, 1.165) is 11.4 Å². The lowest BCUT2D eigenvalue weighted by Crippen LogP contribution is -2.30. The second-order valence-electron chi connectivity index (χ2n) is 7.60. The van der Waals surface area contributed by atoms with Gasteiger partial charge in [0.1, 0.15) is 28.3 Å². The second-order valence-corrected chi connectivity index (χ2v) is 9.46. The maximum atomic E-state index is 13.3. The summed E-state index contributed by atoms with van der Waals surface area (Å²) in [5, 5.41) is 3.38. The standard InChI is InChI=1S/C25H27N5O3S/c1-4-30(19-10-6-5-7-11-19)34(31,32)20-14-15-23(27-18-20)28-24(25-26-16-17-29(25)2)21-12-8-9-13-22(21)33-3/h5-18,24H,4H2,1-3H3,(H,27,28). The first-order valence-electron chi connectivity index (χ1n) is 10.9. The Kier molecular flexibility index (Phi) is 6.83. The van der Waals surface area contributed by atoms with E-state index < -0.39 is 10.0 Å². The third kappa shape index (κ3) is 4.60. The van der Waals surface area contributed by atoms with Gasteiger partial charge in [0.15, 0.2) is 0 Å². The molecule has 0 fully saturated rings. The first-order chi connectivity index (χ1) is 16.5. The van der Waals surface area contributed by atoms with Gasteiger partial charge >= 0.3 is 0 Å². The minimum atomic E-state index is -3.76. The van der Waals surface area contributed by atoms with Crippen LogP contribution in [0.3, 0.4) is 0 Å². The molecule has 176 valence electrons. The van der Waals surface area contributed by atoms with Crippen LogP contribution in [0.1, 0.15) is 24.4 Å². The van der Waals surface area contributed by atoms with Gasteiger partial charge in [0.25, 0.3) is 10.0 Å². The predicted octanol–water partition coefficient (Wildman–Crippen LogP) is 4.24. The Hall–Kier alpha value is -3.85. The molecule has 2 heterocycles. The van der Waals surface area contributed by atoms with E-state index in [0.29, 0.717) is 23.8 Å². The Balaban J connectivity index is 1.65. The molecular formula is C25H27N5O3S. The number of hydrogen-bond donors (Lipinski definition) is 1. The van der Waals surface area contributed by atoms with Crippen molar-refractivity contribution < 1.29 is 13.2 Å². The quantitative estimate of drug-likeness (QED) is 0.388. The number of imidazole rings is 1. The van der Waals surface area contributed by atoms with E-state index in [1.165, 1.54) is 10.5 Å². The van der Waals surface area contributed by atoms with Gasteiger partial charge in [0.05, 0.1) is 12.8 Å². The number of ether oxygens (including phenoxy) is 1. The summed E-state index contributed by atoms with van der Waals surface area (Å²) in [4.78, 5) is 9.04. The summed E-state index contributed by atoms with van der Waals surface area (Å²) >= 11 is 0. The van der Waals surface area contributed by atoms with Crippen LogP contribution in [0, 0.1) is 0 Å². The fourth-order valence-electron chi connectivity index (χ4n) is 3.82. The molecule has 4 aromatic rings. The lowest BCUT2D eigenvalue weighted by atomic mass is 10.0. The van der Waals surface area contributed by atoms with Crippen LogP contribution < -0.4 is 14.4 Å². The van der Waals surface area contributed by atoms with Gasteiger partial charge in [-0.2, -0.15) is 0 Å². The summed E-state index contributed by atoms with van der Waals surface area (Å²) in [6.45, 7) is 2.11.